The van der Waals surface area contributed by atoms with E-state index in [0.29, 0.717) is 0 Å². The van der Waals surface area contributed by atoms with Gasteiger partial charge in [0, 0.05) is 27.3 Å². The molecule has 0 saturated heterocycles. The van der Waals surface area contributed by atoms with E-state index in [2.05, 4.69) is 138 Å². The number of rotatable bonds is 2. The van der Waals surface area contributed by atoms with E-state index in [1.807, 2.05) is 12.1 Å². The van der Waals surface area contributed by atoms with E-state index in [1.165, 1.54) is 22.3 Å². The number of para-hydroxylation sites is 3. The predicted molar refractivity (Wildman–Crippen MR) is 179 cm³/mol. The predicted octanol–water partition coefficient (Wildman–Crippen LogP) is 11.1. The first-order valence-electron chi connectivity index (χ1n) is 15.0. The van der Waals surface area contributed by atoms with Crippen molar-refractivity contribution in [1.82, 2.24) is 0 Å². The molecule has 0 aliphatic carbocycles. The number of nitrogens with zero attached hydrogens (tertiary/aromatic N) is 1. The average Bonchev–Trinajstić information content (AvgIpc) is 3.73. The van der Waals surface area contributed by atoms with Crippen LogP contribution in [0.25, 0.3) is 66.5 Å². The van der Waals surface area contributed by atoms with Gasteiger partial charge in [0.1, 0.15) is 22.4 Å². The third-order valence-electron chi connectivity index (χ3n) is 9.48. The lowest BCUT2D eigenvalue weighted by Gasteiger charge is -2.41. The Bertz CT molecular complexity index is 2450. The summed E-state index contributed by atoms with van der Waals surface area (Å²) >= 11 is 0. The molecule has 6 aromatic carbocycles. The van der Waals surface area contributed by atoms with Gasteiger partial charge in [-0.1, -0.05) is 91.0 Å². The zero-order valence-electron chi connectivity index (χ0n) is 24.0. The van der Waals surface area contributed by atoms with Crippen LogP contribution in [0.5, 0.6) is 0 Å². The van der Waals surface area contributed by atoms with Crippen LogP contribution in [0, 0.1) is 0 Å². The maximum absolute atomic E-state index is 6.63. The summed E-state index contributed by atoms with van der Waals surface area (Å²) < 4.78 is 12.7. The highest BCUT2D eigenvalue weighted by atomic mass is 16.3. The summed E-state index contributed by atoms with van der Waals surface area (Å²) in [5, 5.41) is 7.23. The topological polar surface area (TPSA) is 41.5 Å². The van der Waals surface area contributed by atoms with Crippen molar-refractivity contribution >= 4 is 50.0 Å². The molecule has 1 unspecified atom stereocenters. The number of fused-ring (bicyclic) bond motifs is 13. The Morgan fingerprint density at radius 1 is 0.545 bits per heavy atom. The molecule has 0 bridgehead atoms. The van der Waals surface area contributed by atoms with Gasteiger partial charge in [0.05, 0.1) is 17.1 Å². The van der Waals surface area contributed by atoms with Gasteiger partial charge in [-0.3, -0.25) is 0 Å². The molecule has 0 fully saturated rings. The Labute approximate surface area is 253 Å². The molecular formula is C40H26N2O2. The molecule has 1 atom stereocenters. The number of hydrogen-bond donors (Lipinski definition) is 1. The Morgan fingerprint density at radius 2 is 1.16 bits per heavy atom. The van der Waals surface area contributed by atoms with Crippen molar-refractivity contribution in [3.8, 4) is 33.6 Å². The van der Waals surface area contributed by atoms with Crippen LogP contribution in [0.1, 0.15) is 12.5 Å². The molecule has 0 radical (unpaired) electrons. The van der Waals surface area contributed by atoms with Gasteiger partial charge in [-0.25, -0.2) is 0 Å². The van der Waals surface area contributed by atoms with Crippen LogP contribution in [0.3, 0.4) is 0 Å². The third-order valence-corrected chi connectivity index (χ3v) is 9.48. The molecule has 1 N–H and O–H groups in total. The molecule has 44 heavy (non-hydrogen) atoms. The van der Waals surface area contributed by atoms with Crippen LogP contribution < -0.4 is 10.2 Å². The first-order valence-corrected chi connectivity index (χ1v) is 15.0. The van der Waals surface area contributed by atoms with Crippen molar-refractivity contribution in [1.29, 1.82) is 0 Å². The molecule has 0 amide bonds. The number of furan rings is 2. The van der Waals surface area contributed by atoms with Gasteiger partial charge >= 0.3 is 0 Å². The lowest BCUT2D eigenvalue weighted by atomic mass is 9.88. The van der Waals surface area contributed by atoms with E-state index >= 15 is 0 Å². The van der Waals surface area contributed by atoms with Crippen LogP contribution in [-0.2, 0) is 5.66 Å². The monoisotopic (exact) mass is 566 g/mol. The van der Waals surface area contributed by atoms with Crippen LogP contribution in [0.15, 0.2) is 142 Å². The van der Waals surface area contributed by atoms with Crippen molar-refractivity contribution in [2.24, 2.45) is 0 Å². The maximum atomic E-state index is 6.63. The summed E-state index contributed by atoms with van der Waals surface area (Å²) in [5.74, 6) is 0.918. The highest BCUT2D eigenvalue weighted by Gasteiger charge is 2.49. The number of hydrogen-bond acceptors (Lipinski definition) is 4. The zero-order valence-corrected chi connectivity index (χ0v) is 24.0. The summed E-state index contributed by atoms with van der Waals surface area (Å²) in [7, 11) is 0. The second kappa shape index (κ2) is 8.42. The lowest BCUT2D eigenvalue weighted by Crippen LogP contribution is -2.44. The molecule has 2 aliphatic heterocycles. The molecule has 0 spiro atoms. The molecule has 0 saturated carbocycles. The highest BCUT2D eigenvalue weighted by Crippen LogP contribution is 2.59. The van der Waals surface area contributed by atoms with Gasteiger partial charge in [-0.05, 0) is 71.6 Å². The number of anilines is 3. The zero-order chi connectivity index (χ0) is 29.0. The fraction of sp³-hybridized carbons (Fsp3) is 0.0500. The van der Waals surface area contributed by atoms with Gasteiger partial charge in [0.15, 0.2) is 5.76 Å². The van der Waals surface area contributed by atoms with Gasteiger partial charge in [-0.2, -0.15) is 0 Å². The number of benzene rings is 6. The SMILES string of the molecule is CC12Nc3ccccc3N1c1c(oc3ccc(-c4ccc(-c5ccc6oc7ccccc7c6c5)cc4)cc13)-c1ccccc12. The molecule has 208 valence electrons. The quantitative estimate of drug-likeness (QED) is 0.226. The van der Waals surface area contributed by atoms with Gasteiger partial charge in [-0.15, -0.1) is 0 Å². The minimum absolute atomic E-state index is 0.427. The van der Waals surface area contributed by atoms with Crippen LogP contribution in [0.2, 0.25) is 0 Å². The fourth-order valence-electron chi connectivity index (χ4n) is 7.40. The van der Waals surface area contributed by atoms with E-state index in [0.717, 1.165) is 66.9 Å². The van der Waals surface area contributed by atoms with Gasteiger partial charge in [0.25, 0.3) is 0 Å². The molecule has 4 nitrogen and oxygen atoms in total. The summed E-state index contributed by atoms with van der Waals surface area (Å²) in [6.45, 7) is 2.26. The summed E-state index contributed by atoms with van der Waals surface area (Å²) in [4.78, 5) is 2.43. The minimum atomic E-state index is -0.427. The smallest absolute Gasteiger partial charge is 0.159 e. The van der Waals surface area contributed by atoms with Gasteiger partial charge < -0.3 is 19.1 Å². The molecule has 8 aromatic rings. The van der Waals surface area contributed by atoms with Crippen molar-refractivity contribution in [2.75, 3.05) is 10.2 Å². The largest absolute Gasteiger partial charge is 0.456 e. The minimum Gasteiger partial charge on any atom is -0.456 e. The van der Waals surface area contributed by atoms with Crippen molar-refractivity contribution in [3.63, 3.8) is 0 Å². The van der Waals surface area contributed by atoms with E-state index in [9.17, 15) is 0 Å². The van der Waals surface area contributed by atoms with E-state index < -0.39 is 5.66 Å². The summed E-state index contributed by atoms with van der Waals surface area (Å²) in [5.41, 5.74) is 12.7. The maximum Gasteiger partial charge on any atom is 0.159 e. The van der Waals surface area contributed by atoms with Crippen molar-refractivity contribution < 1.29 is 8.83 Å². The molecule has 2 aliphatic rings. The van der Waals surface area contributed by atoms with Crippen molar-refractivity contribution in [2.45, 2.75) is 12.6 Å². The summed E-state index contributed by atoms with van der Waals surface area (Å²) in [6, 6.07) is 47.2. The lowest BCUT2D eigenvalue weighted by molar-refractivity contribution is 0.554. The molecule has 2 aromatic heterocycles. The van der Waals surface area contributed by atoms with Crippen LogP contribution >= 0.6 is 0 Å². The molecule has 4 heterocycles. The Morgan fingerprint density at radius 3 is 1.98 bits per heavy atom. The van der Waals surface area contributed by atoms with Crippen LogP contribution in [-0.4, -0.2) is 0 Å². The molecule has 4 heteroatoms. The number of nitrogens with one attached hydrogen (secondary N) is 1. The Hall–Kier alpha value is -5.74. The standard InChI is InChI=1S/C40H26N2O2/c1-40-32-10-4-2-9-29(32)39-38(42(40)34-12-6-5-11-33(34)41-40)31-23-27(19-21-37(31)44-39)25-16-14-24(15-17-25)26-18-20-36-30(22-26)28-8-3-7-13-35(28)43-36/h2-23,41H,1H3. The van der Waals surface area contributed by atoms with Crippen LogP contribution in [0.4, 0.5) is 17.1 Å². The highest BCUT2D eigenvalue weighted by molar-refractivity contribution is 6.08. The first-order chi connectivity index (χ1) is 21.7. The average molecular weight is 567 g/mol. The Balaban J connectivity index is 1.10. The second-order valence-electron chi connectivity index (χ2n) is 12.0. The van der Waals surface area contributed by atoms with E-state index in [1.54, 1.807) is 0 Å². The second-order valence-corrected chi connectivity index (χ2v) is 12.0. The fourth-order valence-corrected chi connectivity index (χ4v) is 7.40. The van der Waals surface area contributed by atoms with E-state index in [4.69, 9.17) is 8.83 Å². The molecule has 10 rings (SSSR count). The first kappa shape index (κ1) is 23.8. The Kier molecular flexibility index (Phi) is 4.55. The normalized spacial score (nSPS) is 16.5. The third kappa shape index (κ3) is 3.12. The molecular weight excluding hydrogens is 540 g/mol. The van der Waals surface area contributed by atoms with Crippen molar-refractivity contribution in [3.05, 3.63) is 139 Å². The van der Waals surface area contributed by atoms with E-state index in [-0.39, 0.29) is 0 Å². The van der Waals surface area contributed by atoms with Gasteiger partial charge in [0.2, 0.25) is 0 Å². The summed E-state index contributed by atoms with van der Waals surface area (Å²) in [6.07, 6.45) is 0.